The van der Waals surface area contributed by atoms with E-state index < -0.39 is 56.0 Å². The Kier molecular flexibility index (Phi) is 7.82. The summed E-state index contributed by atoms with van der Waals surface area (Å²) < 4.78 is 137. The fraction of sp³-hybridized carbons (Fsp3) is 0.345. The summed E-state index contributed by atoms with van der Waals surface area (Å²) in [6.45, 7) is 0.177. The third-order valence-electron chi connectivity index (χ3n) is 8.43. The minimum absolute atomic E-state index is 0.0465. The van der Waals surface area contributed by atoms with Crippen LogP contribution in [0.25, 0.3) is 0 Å². The summed E-state index contributed by atoms with van der Waals surface area (Å²) in [5.41, 5.74) is -7.31. The summed E-state index contributed by atoms with van der Waals surface area (Å²) in [4.78, 5) is 12.8. The lowest BCUT2D eigenvalue weighted by Crippen LogP contribution is -2.52. The fourth-order valence-electron chi connectivity index (χ4n) is 6.40. The molecule has 1 N–H and O–H groups in total. The SMILES string of the molecule is O=C(O)c1ccc(CN2CC[C@@]3(S(=O)(=O)c4ccc(F)cc4)c4ccc(C(F)(C(F)(F)F)C(F)(F)F)cc4CC[C@@H]23)cc1Cl. The Bertz CT molecular complexity index is 1710. The second kappa shape index (κ2) is 10.7. The highest BCUT2D eigenvalue weighted by Crippen LogP contribution is 2.56. The quantitative estimate of drug-likeness (QED) is 0.220. The largest absolute Gasteiger partial charge is 0.478 e. The smallest absolute Gasteiger partial charge is 0.435 e. The van der Waals surface area contributed by atoms with E-state index in [-0.39, 0.29) is 59.0 Å². The number of halogens is 9. The van der Waals surface area contributed by atoms with Crippen LogP contribution >= 0.6 is 11.6 Å². The highest BCUT2D eigenvalue weighted by atomic mass is 35.5. The normalized spacial score (nSPS) is 21.2. The van der Waals surface area contributed by atoms with E-state index in [2.05, 4.69) is 0 Å². The van der Waals surface area contributed by atoms with Gasteiger partial charge in [-0.3, -0.25) is 4.90 Å². The van der Waals surface area contributed by atoms with Gasteiger partial charge >= 0.3 is 24.0 Å². The van der Waals surface area contributed by atoms with Crippen LogP contribution in [0, 0.1) is 5.82 Å². The maximum absolute atomic E-state index is 15.0. The molecular weight excluding hydrogens is 646 g/mol. The van der Waals surface area contributed by atoms with Crippen LogP contribution in [0.4, 0.5) is 35.1 Å². The van der Waals surface area contributed by atoms with Gasteiger partial charge in [-0.1, -0.05) is 35.9 Å². The van der Waals surface area contributed by atoms with Crippen LogP contribution in [-0.2, 0) is 33.2 Å². The Morgan fingerprint density at radius 3 is 2.16 bits per heavy atom. The van der Waals surface area contributed by atoms with E-state index in [0.29, 0.717) is 17.7 Å². The number of carboxylic acid groups (broad SMARTS) is 1. The number of sulfone groups is 1. The predicted molar refractivity (Wildman–Crippen MR) is 142 cm³/mol. The van der Waals surface area contributed by atoms with Gasteiger partial charge in [0.1, 0.15) is 10.6 Å². The van der Waals surface area contributed by atoms with Crippen LogP contribution < -0.4 is 0 Å². The molecule has 2 aliphatic rings. The van der Waals surface area contributed by atoms with Gasteiger partial charge in [0.2, 0.25) is 0 Å². The molecular formula is C29H22ClF8NO4S. The molecule has 5 rings (SSSR count). The summed E-state index contributed by atoms with van der Waals surface area (Å²) in [7, 11) is -4.50. The molecule has 1 aliphatic carbocycles. The number of hydrogen-bond acceptors (Lipinski definition) is 4. The summed E-state index contributed by atoms with van der Waals surface area (Å²) in [5.74, 6) is -2.00. The van der Waals surface area contributed by atoms with Crippen molar-refractivity contribution >= 4 is 27.4 Å². The van der Waals surface area contributed by atoms with Gasteiger partial charge in [-0.05, 0) is 72.4 Å². The van der Waals surface area contributed by atoms with Crippen molar-refractivity contribution in [3.8, 4) is 0 Å². The molecule has 1 fully saturated rings. The molecule has 0 amide bonds. The van der Waals surface area contributed by atoms with E-state index >= 15 is 0 Å². The van der Waals surface area contributed by atoms with Crippen LogP contribution in [0.5, 0.6) is 0 Å². The van der Waals surface area contributed by atoms with Crippen molar-refractivity contribution in [3.05, 3.63) is 99.3 Å². The van der Waals surface area contributed by atoms with Crippen molar-refractivity contribution in [1.29, 1.82) is 0 Å². The first-order valence-electron chi connectivity index (χ1n) is 13.1. The van der Waals surface area contributed by atoms with Gasteiger partial charge < -0.3 is 5.11 Å². The second-order valence-corrected chi connectivity index (χ2v) is 13.4. The van der Waals surface area contributed by atoms with Gasteiger partial charge in [0.15, 0.2) is 9.84 Å². The van der Waals surface area contributed by atoms with Gasteiger partial charge in [-0.25, -0.2) is 22.0 Å². The number of benzene rings is 3. The molecule has 0 spiro atoms. The highest BCUT2D eigenvalue weighted by Gasteiger charge is 2.73. The molecule has 1 heterocycles. The van der Waals surface area contributed by atoms with E-state index in [0.717, 1.165) is 30.3 Å². The summed E-state index contributed by atoms with van der Waals surface area (Å²) in [6, 6.07) is 8.72. The van der Waals surface area contributed by atoms with E-state index in [1.54, 1.807) is 4.90 Å². The molecule has 5 nitrogen and oxygen atoms in total. The monoisotopic (exact) mass is 667 g/mol. The standard InChI is InChI=1S/C29H22ClF8NO4S/c30-23-13-16(1-8-21(23)25(40)41)15-39-12-11-26(44(42,43)20-6-4-19(31)5-7-20)22-9-3-18(14-17(22)2-10-24(26)39)27(32,28(33,34)35)29(36,37)38/h1,3-9,13-14,24H,2,10-12,15H2,(H,40,41)/t24-,26-/m1/s1. The number of carboxylic acids is 1. The number of alkyl halides is 7. The van der Waals surface area contributed by atoms with Crippen molar-refractivity contribution in [2.45, 2.75) is 59.5 Å². The van der Waals surface area contributed by atoms with Gasteiger partial charge in [-0.15, -0.1) is 0 Å². The molecule has 15 heteroatoms. The molecule has 0 radical (unpaired) electrons. The zero-order valence-corrected chi connectivity index (χ0v) is 23.9. The van der Waals surface area contributed by atoms with Crippen molar-refractivity contribution in [2.75, 3.05) is 6.54 Å². The van der Waals surface area contributed by atoms with Crippen LogP contribution in [-0.4, -0.2) is 49.3 Å². The number of hydrogen-bond donors (Lipinski definition) is 1. The molecule has 0 aromatic heterocycles. The Balaban J connectivity index is 1.65. The molecule has 1 aliphatic heterocycles. The van der Waals surface area contributed by atoms with E-state index in [1.165, 1.54) is 18.2 Å². The number of aromatic carboxylic acids is 1. The lowest BCUT2D eigenvalue weighted by atomic mass is 9.76. The number of carbonyl (C=O) groups is 1. The fourth-order valence-corrected chi connectivity index (χ4v) is 9.07. The Hall–Kier alpha value is -3.23. The van der Waals surface area contributed by atoms with E-state index in [1.807, 2.05) is 0 Å². The van der Waals surface area contributed by atoms with Crippen LogP contribution in [0.3, 0.4) is 0 Å². The van der Waals surface area contributed by atoms with Crippen molar-refractivity contribution in [3.63, 3.8) is 0 Å². The number of aryl methyl sites for hydroxylation is 1. The predicted octanol–water partition coefficient (Wildman–Crippen LogP) is 7.36. The van der Waals surface area contributed by atoms with Crippen LogP contribution in [0.1, 0.15) is 45.5 Å². The minimum Gasteiger partial charge on any atom is -0.478 e. The molecule has 0 bridgehead atoms. The zero-order chi connectivity index (χ0) is 32.5. The lowest BCUT2D eigenvalue weighted by molar-refractivity contribution is -0.348. The van der Waals surface area contributed by atoms with E-state index in [4.69, 9.17) is 11.6 Å². The molecule has 3 aromatic rings. The maximum atomic E-state index is 15.0. The molecule has 44 heavy (non-hydrogen) atoms. The Labute approximate surface area is 251 Å². The molecule has 3 aromatic carbocycles. The van der Waals surface area contributed by atoms with Gasteiger partial charge in [0, 0.05) is 24.7 Å². The molecule has 2 atom stereocenters. The Morgan fingerprint density at radius 2 is 1.59 bits per heavy atom. The molecule has 1 saturated heterocycles. The third kappa shape index (κ3) is 4.85. The molecule has 0 saturated carbocycles. The average Bonchev–Trinajstić information content (AvgIpc) is 3.31. The van der Waals surface area contributed by atoms with E-state index in [9.17, 15) is 53.4 Å². The first kappa shape index (κ1) is 32.2. The first-order chi connectivity index (χ1) is 20.3. The van der Waals surface area contributed by atoms with Gasteiger partial charge in [0.25, 0.3) is 0 Å². The third-order valence-corrected chi connectivity index (χ3v) is 11.3. The average molecular weight is 668 g/mol. The molecule has 0 unspecified atom stereocenters. The van der Waals surface area contributed by atoms with Gasteiger partial charge in [-0.2, -0.15) is 26.3 Å². The van der Waals surface area contributed by atoms with Crippen molar-refractivity contribution in [1.82, 2.24) is 4.90 Å². The second-order valence-electron chi connectivity index (χ2n) is 10.8. The van der Waals surface area contributed by atoms with Gasteiger partial charge in [0.05, 0.1) is 15.5 Å². The molecule has 236 valence electrons. The number of likely N-dealkylation sites (tertiary alicyclic amines) is 1. The van der Waals surface area contributed by atoms with Crippen LogP contribution in [0.2, 0.25) is 5.02 Å². The van der Waals surface area contributed by atoms with Crippen molar-refractivity contribution in [2.24, 2.45) is 0 Å². The summed E-state index contributed by atoms with van der Waals surface area (Å²) in [5, 5.41) is 9.20. The number of rotatable bonds is 6. The zero-order valence-electron chi connectivity index (χ0n) is 22.3. The topological polar surface area (TPSA) is 74.7 Å². The van der Waals surface area contributed by atoms with Crippen LogP contribution in [0.15, 0.2) is 65.6 Å². The lowest BCUT2D eigenvalue weighted by Gasteiger charge is -2.43. The number of fused-ring (bicyclic) bond motifs is 3. The summed E-state index contributed by atoms with van der Waals surface area (Å²) >= 11 is 6.11. The maximum Gasteiger partial charge on any atom is 0.435 e. The Morgan fingerprint density at radius 1 is 0.955 bits per heavy atom. The first-order valence-corrected chi connectivity index (χ1v) is 14.9. The summed E-state index contributed by atoms with van der Waals surface area (Å²) in [6.07, 6.45) is -13.1. The number of nitrogens with zero attached hydrogens (tertiary/aromatic N) is 1. The highest BCUT2D eigenvalue weighted by molar-refractivity contribution is 7.92. The van der Waals surface area contributed by atoms with Crippen molar-refractivity contribution < 1.29 is 53.4 Å². The minimum atomic E-state index is -6.35.